The molecule has 0 atom stereocenters. The second-order valence-corrected chi connectivity index (χ2v) is 2.01. The zero-order valence-corrected chi connectivity index (χ0v) is 12.7. The predicted molar refractivity (Wildman–Crippen MR) is 23.4 cm³/mol. The molecule has 0 saturated heterocycles. The average Bonchev–Trinajstić information content (AvgIpc) is 1.21. The molecule has 0 heterocycles. The third kappa shape index (κ3) is 17.0. The molecule has 0 spiro atoms. The van der Waals surface area contributed by atoms with Gasteiger partial charge in [-0.3, -0.25) is 9.79 Å². The van der Waals surface area contributed by atoms with Gasteiger partial charge in [0.25, 0.3) is 0 Å². The molecule has 0 bridgehead atoms. The molecule has 0 amide bonds. The Kier molecular flexibility index (Phi) is 15.3. The molecule has 52 valence electrons. The molecule has 0 aromatic carbocycles. The van der Waals surface area contributed by atoms with Crippen molar-refractivity contribution < 1.29 is 134 Å². The molecule has 0 aliphatic rings. The van der Waals surface area contributed by atoms with Crippen LogP contribution in [0.15, 0.2) is 0 Å². The van der Waals surface area contributed by atoms with E-state index < -0.39 is 14.0 Å². The first-order valence-electron chi connectivity index (χ1n) is 1.40. The third-order valence-electron chi connectivity index (χ3n) is 0.197. The summed E-state index contributed by atoms with van der Waals surface area (Å²) in [6, 6.07) is 0. The summed E-state index contributed by atoms with van der Waals surface area (Å²) < 4.78 is 12.6. The van der Waals surface area contributed by atoms with Crippen LogP contribution in [0.2, 0.25) is 0 Å². The fourth-order valence-electron chi connectivity index (χ4n) is 0.102. The minimum atomic E-state index is -4.82. The Hall–Kier alpha value is 2.69. The number of hydrogen-bond acceptors (Lipinski definition) is 3. The molecular formula is CH5K2O6P. The van der Waals surface area contributed by atoms with Crippen LogP contribution in [0.5, 0.6) is 0 Å². The van der Waals surface area contributed by atoms with Gasteiger partial charge in [-0.05, 0) is 0 Å². The van der Waals surface area contributed by atoms with Crippen molar-refractivity contribution in [3.63, 3.8) is 0 Å². The zero-order chi connectivity index (χ0) is 6.78. The summed E-state index contributed by atoms with van der Waals surface area (Å²) >= 11 is 0. The number of hydrogen-bond donors (Lipinski definition) is 3. The number of phosphoric ester groups is 1. The van der Waals surface area contributed by atoms with Crippen LogP contribution in [0, 0.1) is 0 Å². The maximum Gasteiger partial charge on any atom is 1.00 e. The van der Waals surface area contributed by atoms with Gasteiger partial charge in [0.15, 0.2) is 0 Å². The molecule has 0 aliphatic heterocycles. The van der Waals surface area contributed by atoms with Gasteiger partial charge in [0, 0.05) is 0 Å². The van der Waals surface area contributed by atoms with Crippen LogP contribution < -0.4 is 103 Å². The van der Waals surface area contributed by atoms with E-state index in [9.17, 15) is 9.36 Å². The SMILES string of the molecule is O=C(O)OP(=O)(O)O.[H-].[H-].[K+].[K+]. The number of rotatable bonds is 1. The molecule has 0 aromatic rings. The second-order valence-electron chi connectivity index (χ2n) is 0.848. The Morgan fingerprint density at radius 1 is 1.40 bits per heavy atom. The molecule has 0 unspecified atom stereocenters. The topological polar surface area (TPSA) is 104 Å². The monoisotopic (exact) mass is 222 g/mol. The van der Waals surface area contributed by atoms with Gasteiger partial charge >= 0.3 is 117 Å². The van der Waals surface area contributed by atoms with Gasteiger partial charge in [-0.25, -0.2) is 9.36 Å². The van der Waals surface area contributed by atoms with Crippen LogP contribution >= 0.6 is 7.82 Å². The van der Waals surface area contributed by atoms with Gasteiger partial charge < -0.3 is 12.5 Å². The summed E-state index contributed by atoms with van der Waals surface area (Å²) in [6.07, 6.45) is -1.99. The number of phosphoric acid groups is 1. The molecule has 0 aromatic heterocycles. The van der Waals surface area contributed by atoms with E-state index in [2.05, 4.69) is 4.52 Å². The normalized spacial score (nSPS) is 8.60. The third-order valence-corrected chi connectivity index (χ3v) is 0.591. The summed E-state index contributed by atoms with van der Waals surface area (Å²) in [5, 5.41) is 7.53. The van der Waals surface area contributed by atoms with Crippen molar-refractivity contribution in [2.45, 2.75) is 0 Å². The molecule has 9 heteroatoms. The minimum Gasteiger partial charge on any atom is -1.00 e. The first kappa shape index (κ1) is 18.5. The van der Waals surface area contributed by atoms with Crippen LogP contribution in [-0.4, -0.2) is 21.0 Å². The van der Waals surface area contributed by atoms with Crippen molar-refractivity contribution in [1.82, 2.24) is 0 Å². The Bertz CT molecular complexity index is 146. The van der Waals surface area contributed by atoms with E-state index in [1.165, 1.54) is 0 Å². The van der Waals surface area contributed by atoms with Gasteiger partial charge in [-0.2, -0.15) is 0 Å². The largest absolute Gasteiger partial charge is 1.00 e. The summed E-state index contributed by atoms with van der Waals surface area (Å²) in [5.74, 6) is 0. The van der Waals surface area contributed by atoms with E-state index in [-0.39, 0.29) is 106 Å². The molecule has 6 nitrogen and oxygen atoms in total. The van der Waals surface area contributed by atoms with Crippen molar-refractivity contribution in [2.75, 3.05) is 0 Å². The maximum atomic E-state index is 9.53. The number of carboxylic acid groups (broad SMARTS) is 1. The van der Waals surface area contributed by atoms with E-state index in [0.717, 1.165) is 0 Å². The Balaban J connectivity index is -0.0000000408. The van der Waals surface area contributed by atoms with Gasteiger partial charge in [0.2, 0.25) is 0 Å². The first-order valence-corrected chi connectivity index (χ1v) is 2.93. The van der Waals surface area contributed by atoms with Crippen LogP contribution in [0.3, 0.4) is 0 Å². The molecule has 10 heavy (non-hydrogen) atoms. The second kappa shape index (κ2) is 8.30. The minimum absolute atomic E-state index is 0. The van der Waals surface area contributed by atoms with Crippen LogP contribution in [-0.2, 0) is 9.09 Å². The zero-order valence-electron chi connectivity index (χ0n) is 7.51. The quantitative estimate of drug-likeness (QED) is 0.301. The van der Waals surface area contributed by atoms with Gasteiger partial charge in [-0.15, -0.1) is 0 Å². The maximum absolute atomic E-state index is 9.53. The van der Waals surface area contributed by atoms with E-state index in [0.29, 0.717) is 0 Å². The molecule has 0 aliphatic carbocycles. The van der Waals surface area contributed by atoms with Crippen molar-refractivity contribution >= 4 is 14.0 Å². The standard InChI is InChI=1S/CH3O6P.2K.2H/c2-1(3)7-8(4,5)6;;;;/h(H,2,3)(H2,4,5,6);;;;/q;2*+1;2*-1. The molecule has 0 rings (SSSR count). The smallest absolute Gasteiger partial charge is 1.00 e. The summed E-state index contributed by atoms with van der Waals surface area (Å²) in [6.45, 7) is 0. The molecular weight excluding hydrogens is 217 g/mol. The number of carbonyl (C=O) groups is 1. The summed E-state index contributed by atoms with van der Waals surface area (Å²) in [7, 11) is -4.82. The fraction of sp³-hybridized carbons (Fsp3) is 0. The van der Waals surface area contributed by atoms with Crippen LogP contribution in [0.4, 0.5) is 4.79 Å². The Morgan fingerprint density at radius 3 is 1.70 bits per heavy atom. The van der Waals surface area contributed by atoms with Gasteiger partial charge in [-0.1, -0.05) is 0 Å². The predicted octanol–water partition coefficient (Wildman–Crippen LogP) is -5.99. The molecule has 3 N–H and O–H groups in total. The van der Waals surface area contributed by atoms with Gasteiger partial charge in [0.1, 0.15) is 0 Å². The van der Waals surface area contributed by atoms with E-state index in [4.69, 9.17) is 14.9 Å². The Morgan fingerprint density at radius 2 is 1.70 bits per heavy atom. The van der Waals surface area contributed by atoms with E-state index in [1.807, 2.05) is 0 Å². The van der Waals surface area contributed by atoms with Crippen LogP contribution in [0.1, 0.15) is 2.85 Å². The van der Waals surface area contributed by atoms with Crippen molar-refractivity contribution in [3.05, 3.63) is 0 Å². The summed E-state index contributed by atoms with van der Waals surface area (Å²) in [4.78, 5) is 24.7. The molecule has 0 saturated carbocycles. The first-order chi connectivity index (χ1) is 3.42. The van der Waals surface area contributed by atoms with Crippen molar-refractivity contribution in [2.24, 2.45) is 0 Å². The van der Waals surface area contributed by atoms with E-state index in [1.54, 1.807) is 0 Å². The molecule has 0 radical (unpaired) electrons. The summed E-state index contributed by atoms with van der Waals surface area (Å²) in [5.41, 5.74) is 0. The Labute approximate surface area is 145 Å². The van der Waals surface area contributed by atoms with Crippen molar-refractivity contribution in [3.8, 4) is 0 Å². The fourth-order valence-corrected chi connectivity index (χ4v) is 0.305. The average molecular weight is 222 g/mol. The van der Waals surface area contributed by atoms with E-state index >= 15 is 0 Å². The van der Waals surface area contributed by atoms with Crippen molar-refractivity contribution in [1.29, 1.82) is 0 Å². The molecule has 0 fully saturated rings. The van der Waals surface area contributed by atoms with Crippen LogP contribution in [0.25, 0.3) is 0 Å². The van der Waals surface area contributed by atoms with Gasteiger partial charge in [0.05, 0.1) is 0 Å².